The molecule has 1 aromatic rings. The summed E-state index contributed by atoms with van der Waals surface area (Å²) in [5.74, 6) is 0.601. The molecule has 18 heavy (non-hydrogen) atoms. The third-order valence-electron chi connectivity index (χ3n) is 2.59. The second-order valence-electron chi connectivity index (χ2n) is 3.79. The molecule has 0 unspecified atom stereocenters. The molecule has 102 valence electrons. The standard InChI is InChI=1S/C12H21NO4Si/c1-4-9-18(14-2,15-3)17-10-16-12-8-6-5-7-11(12)13/h5-8H,4,9-10,13H2,1-3H3. The summed E-state index contributed by atoms with van der Waals surface area (Å²) in [6.45, 7) is 2.13. The highest BCUT2D eigenvalue weighted by atomic mass is 28.4. The van der Waals surface area contributed by atoms with Crippen molar-refractivity contribution in [2.45, 2.75) is 19.4 Å². The van der Waals surface area contributed by atoms with E-state index in [1.165, 1.54) is 0 Å². The maximum Gasteiger partial charge on any atom is 0.502 e. The first-order valence-corrected chi connectivity index (χ1v) is 7.82. The summed E-state index contributed by atoms with van der Waals surface area (Å²) in [6, 6.07) is 8.03. The number of hydrogen-bond acceptors (Lipinski definition) is 5. The fraction of sp³-hybridized carbons (Fsp3) is 0.500. The molecule has 0 aromatic heterocycles. The van der Waals surface area contributed by atoms with Crippen LogP contribution in [0.4, 0.5) is 5.69 Å². The Hall–Kier alpha value is -1.08. The Morgan fingerprint density at radius 1 is 1.17 bits per heavy atom. The van der Waals surface area contributed by atoms with Gasteiger partial charge in [0.2, 0.25) is 0 Å². The Morgan fingerprint density at radius 2 is 1.83 bits per heavy atom. The number of rotatable bonds is 8. The van der Waals surface area contributed by atoms with E-state index >= 15 is 0 Å². The topological polar surface area (TPSA) is 62.9 Å². The zero-order valence-electron chi connectivity index (χ0n) is 11.1. The third-order valence-corrected chi connectivity index (χ3v) is 5.50. The van der Waals surface area contributed by atoms with Crippen LogP contribution in [0.3, 0.4) is 0 Å². The molecular formula is C12H21NO4Si. The summed E-state index contributed by atoms with van der Waals surface area (Å²) >= 11 is 0. The normalized spacial score (nSPS) is 11.5. The van der Waals surface area contributed by atoms with Gasteiger partial charge >= 0.3 is 8.80 Å². The van der Waals surface area contributed by atoms with Crippen LogP contribution in [0.5, 0.6) is 5.75 Å². The Labute approximate surface area is 109 Å². The van der Waals surface area contributed by atoms with Crippen molar-refractivity contribution in [3.05, 3.63) is 24.3 Å². The highest BCUT2D eigenvalue weighted by molar-refractivity contribution is 6.60. The molecule has 0 aliphatic carbocycles. The van der Waals surface area contributed by atoms with Crippen LogP contribution in [0.2, 0.25) is 6.04 Å². The van der Waals surface area contributed by atoms with Gasteiger partial charge in [-0.25, -0.2) is 0 Å². The third kappa shape index (κ3) is 3.99. The van der Waals surface area contributed by atoms with E-state index in [1.54, 1.807) is 26.4 Å². The van der Waals surface area contributed by atoms with Gasteiger partial charge in [-0.15, -0.1) is 0 Å². The lowest BCUT2D eigenvalue weighted by atomic mass is 10.3. The fourth-order valence-corrected chi connectivity index (χ4v) is 3.38. The minimum atomic E-state index is -2.58. The van der Waals surface area contributed by atoms with Gasteiger partial charge in [0.05, 0.1) is 5.69 Å². The van der Waals surface area contributed by atoms with Gasteiger partial charge in [-0.3, -0.25) is 0 Å². The molecule has 0 amide bonds. The SMILES string of the molecule is CCC[Si](OC)(OC)OCOc1ccccc1N. The number of para-hydroxylation sites is 2. The van der Waals surface area contributed by atoms with E-state index in [2.05, 4.69) is 6.92 Å². The van der Waals surface area contributed by atoms with Gasteiger partial charge in [-0.1, -0.05) is 25.5 Å². The number of nitrogen functional groups attached to an aromatic ring is 1. The Kier molecular flexibility index (Phi) is 6.13. The molecular weight excluding hydrogens is 250 g/mol. The summed E-state index contributed by atoms with van der Waals surface area (Å²) in [5, 5.41) is 0. The monoisotopic (exact) mass is 271 g/mol. The average Bonchev–Trinajstić information content (AvgIpc) is 2.40. The molecule has 0 saturated heterocycles. The predicted molar refractivity (Wildman–Crippen MR) is 72.3 cm³/mol. The van der Waals surface area contributed by atoms with Crippen molar-refractivity contribution >= 4 is 14.5 Å². The molecule has 0 heterocycles. The van der Waals surface area contributed by atoms with E-state index in [0.29, 0.717) is 11.4 Å². The molecule has 0 aliphatic rings. The van der Waals surface area contributed by atoms with Gasteiger partial charge in [-0.05, 0) is 12.1 Å². The first-order valence-electron chi connectivity index (χ1n) is 5.89. The maximum atomic E-state index is 5.76. The fourth-order valence-electron chi connectivity index (χ4n) is 1.58. The molecule has 0 radical (unpaired) electrons. The first-order chi connectivity index (χ1) is 8.67. The molecule has 1 rings (SSSR count). The molecule has 5 nitrogen and oxygen atoms in total. The van der Waals surface area contributed by atoms with E-state index < -0.39 is 8.80 Å². The van der Waals surface area contributed by atoms with Crippen molar-refractivity contribution in [1.29, 1.82) is 0 Å². The Morgan fingerprint density at radius 3 is 2.39 bits per heavy atom. The summed E-state index contributed by atoms with van der Waals surface area (Å²) in [4.78, 5) is 0. The Bertz CT molecular complexity index is 358. The second-order valence-corrected chi connectivity index (χ2v) is 6.76. The quantitative estimate of drug-likeness (QED) is 0.446. The van der Waals surface area contributed by atoms with Gasteiger partial charge in [-0.2, -0.15) is 0 Å². The van der Waals surface area contributed by atoms with E-state index in [-0.39, 0.29) is 6.79 Å². The number of ether oxygens (including phenoxy) is 1. The largest absolute Gasteiger partial charge is 0.502 e. The highest BCUT2D eigenvalue weighted by Crippen LogP contribution is 2.21. The van der Waals surface area contributed by atoms with Crippen molar-refractivity contribution in [3.63, 3.8) is 0 Å². The first kappa shape index (κ1) is 15.0. The van der Waals surface area contributed by atoms with Crippen LogP contribution < -0.4 is 10.5 Å². The highest BCUT2D eigenvalue weighted by Gasteiger charge is 2.38. The second kappa shape index (κ2) is 7.37. The minimum absolute atomic E-state index is 0.0715. The van der Waals surface area contributed by atoms with Crippen LogP contribution in [-0.2, 0) is 13.3 Å². The lowest BCUT2D eigenvalue weighted by molar-refractivity contribution is 0.0279. The number of nitrogens with two attached hydrogens (primary N) is 1. The Balaban J connectivity index is 2.51. The van der Waals surface area contributed by atoms with Crippen LogP contribution >= 0.6 is 0 Å². The molecule has 2 N–H and O–H groups in total. The van der Waals surface area contributed by atoms with Gasteiger partial charge in [0.1, 0.15) is 5.75 Å². The van der Waals surface area contributed by atoms with Gasteiger partial charge in [0.25, 0.3) is 0 Å². The lowest BCUT2D eigenvalue weighted by Crippen LogP contribution is -2.44. The zero-order valence-corrected chi connectivity index (χ0v) is 12.1. The van der Waals surface area contributed by atoms with Gasteiger partial charge < -0.3 is 23.7 Å². The van der Waals surface area contributed by atoms with Gasteiger partial charge in [0, 0.05) is 20.3 Å². The summed E-state index contributed by atoms with van der Waals surface area (Å²) in [6.07, 6.45) is 0.932. The number of hydrogen-bond donors (Lipinski definition) is 1. The van der Waals surface area contributed by atoms with Crippen molar-refractivity contribution in [2.75, 3.05) is 26.7 Å². The minimum Gasteiger partial charge on any atom is -0.466 e. The molecule has 0 spiro atoms. The van der Waals surface area contributed by atoms with Crippen molar-refractivity contribution in [2.24, 2.45) is 0 Å². The molecule has 0 bridgehead atoms. The van der Waals surface area contributed by atoms with Crippen LogP contribution in [0.25, 0.3) is 0 Å². The van der Waals surface area contributed by atoms with Gasteiger partial charge in [0.15, 0.2) is 6.79 Å². The molecule has 0 fully saturated rings. The van der Waals surface area contributed by atoms with Crippen LogP contribution in [0.15, 0.2) is 24.3 Å². The smallest absolute Gasteiger partial charge is 0.466 e. The molecule has 0 atom stereocenters. The van der Waals surface area contributed by atoms with Crippen molar-refractivity contribution in [3.8, 4) is 5.75 Å². The molecule has 1 aromatic carbocycles. The van der Waals surface area contributed by atoms with E-state index in [4.69, 9.17) is 23.7 Å². The van der Waals surface area contributed by atoms with Crippen LogP contribution in [0, 0.1) is 0 Å². The number of anilines is 1. The predicted octanol–water partition coefficient (Wildman–Crippen LogP) is 2.26. The van der Waals surface area contributed by atoms with Crippen molar-refractivity contribution in [1.82, 2.24) is 0 Å². The zero-order chi connectivity index (χ0) is 13.4. The molecule has 6 heteroatoms. The molecule has 0 aliphatic heterocycles. The molecule has 0 saturated carbocycles. The van der Waals surface area contributed by atoms with E-state index in [1.807, 2.05) is 12.1 Å². The lowest BCUT2D eigenvalue weighted by Gasteiger charge is -2.25. The summed E-state index contributed by atoms with van der Waals surface area (Å²) < 4.78 is 21.9. The maximum absolute atomic E-state index is 5.76. The van der Waals surface area contributed by atoms with E-state index in [0.717, 1.165) is 12.5 Å². The number of benzene rings is 1. The van der Waals surface area contributed by atoms with E-state index in [9.17, 15) is 0 Å². The average molecular weight is 271 g/mol. The van der Waals surface area contributed by atoms with Crippen molar-refractivity contribution < 1.29 is 18.0 Å². The summed E-state index contributed by atoms with van der Waals surface area (Å²) in [7, 11) is 0.618. The van der Waals surface area contributed by atoms with Crippen LogP contribution in [-0.4, -0.2) is 29.8 Å². The summed E-state index contributed by atoms with van der Waals surface area (Å²) in [5.41, 5.74) is 6.34. The van der Waals surface area contributed by atoms with Crippen LogP contribution in [0.1, 0.15) is 13.3 Å².